The van der Waals surface area contributed by atoms with Crippen LogP contribution < -0.4 is 4.72 Å². The molecule has 162 valence electrons. The van der Waals surface area contributed by atoms with Crippen molar-refractivity contribution in [2.24, 2.45) is 0 Å². The van der Waals surface area contributed by atoms with Crippen molar-refractivity contribution in [3.05, 3.63) is 58.7 Å². The zero-order valence-corrected chi connectivity index (χ0v) is 19.3. The summed E-state index contributed by atoms with van der Waals surface area (Å²) >= 11 is 0. The molecule has 10 heteroatoms. The SMILES string of the molecule is C=C[C@@H](/C=C(/CO)CNS(=O)(=O)c1ccccc1[N+](=O)[O-])O[Si](C)(C)C(C)(C)C. The van der Waals surface area contributed by atoms with Crippen molar-refractivity contribution in [1.29, 1.82) is 0 Å². The van der Waals surface area contributed by atoms with Crippen molar-refractivity contribution >= 4 is 24.0 Å². The molecule has 0 amide bonds. The second kappa shape index (κ2) is 9.77. The Morgan fingerprint density at radius 1 is 1.38 bits per heavy atom. The van der Waals surface area contributed by atoms with Crippen LogP contribution in [0.3, 0.4) is 0 Å². The van der Waals surface area contributed by atoms with Crippen LogP contribution in [0.25, 0.3) is 0 Å². The maximum atomic E-state index is 12.5. The maximum Gasteiger partial charge on any atom is 0.289 e. The number of para-hydroxylation sites is 1. The van der Waals surface area contributed by atoms with Gasteiger partial charge < -0.3 is 9.53 Å². The Morgan fingerprint density at radius 2 is 1.97 bits per heavy atom. The Morgan fingerprint density at radius 3 is 2.45 bits per heavy atom. The number of nitrogens with one attached hydrogen (secondary N) is 1. The largest absolute Gasteiger partial charge is 0.407 e. The molecule has 0 aromatic heterocycles. The molecule has 0 aliphatic heterocycles. The number of benzene rings is 1. The van der Waals surface area contributed by atoms with Crippen LogP contribution in [0.2, 0.25) is 18.1 Å². The summed E-state index contributed by atoms with van der Waals surface area (Å²) in [5.41, 5.74) is -0.143. The average Bonchev–Trinajstić information content (AvgIpc) is 2.63. The summed E-state index contributed by atoms with van der Waals surface area (Å²) in [4.78, 5) is 9.92. The van der Waals surface area contributed by atoms with Crippen molar-refractivity contribution in [2.45, 2.75) is 49.9 Å². The van der Waals surface area contributed by atoms with Gasteiger partial charge in [0.2, 0.25) is 10.0 Å². The number of aliphatic hydroxyl groups excluding tert-OH is 1. The first-order valence-corrected chi connectivity index (χ1v) is 13.5. The fourth-order valence-electron chi connectivity index (χ4n) is 2.17. The van der Waals surface area contributed by atoms with Gasteiger partial charge in [-0.2, -0.15) is 0 Å². The van der Waals surface area contributed by atoms with E-state index in [1.807, 2.05) is 0 Å². The number of hydrogen-bond donors (Lipinski definition) is 2. The van der Waals surface area contributed by atoms with Crippen molar-refractivity contribution in [3.8, 4) is 0 Å². The lowest BCUT2D eigenvalue weighted by Gasteiger charge is -2.38. The lowest BCUT2D eigenvalue weighted by atomic mass is 10.2. The lowest BCUT2D eigenvalue weighted by Crippen LogP contribution is -2.43. The van der Waals surface area contributed by atoms with Gasteiger partial charge >= 0.3 is 0 Å². The summed E-state index contributed by atoms with van der Waals surface area (Å²) in [5.74, 6) is 0. The molecule has 2 N–H and O–H groups in total. The smallest absolute Gasteiger partial charge is 0.289 e. The third-order valence-electron chi connectivity index (χ3n) is 4.91. The minimum absolute atomic E-state index is 0.0324. The van der Waals surface area contributed by atoms with Gasteiger partial charge in [0.15, 0.2) is 13.2 Å². The van der Waals surface area contributed by atoms with Gasteiger partial charge in [-0.3, -0.25) is 10.1 Å². The number of nitrogens with zero attached hydrogens (tertiary/aromatic N) is 1. The third-order valence-corrected chi connectivity index (χ3v) is 10.8. The fraction of sp³-hybridized carbons (Fsp3) is 0.474. The molecule has 0 aliphatic rings. The van der Waals surface area contributed by atoms with Crippen LogP contribution in [0.4, 0.5) is 5.69 Å². The van der Waals surface area contributed by atoms with Crippen LogP contribution in [-0.2, 0) is 14.4 Å². The summed E-state index contributed by atoms with van der Waals surface area (Å²) in [6.45, 7) is 13.6. The Hall–Kier alpha value is -1.85. The molecule has 1 aromatic carbocycles. The van der Waals surface area contributed by atoms with Crippen LogP contribution in [-0.4, -0.2) is 46.0 Å². The highest BCUT2D eigenvalue weighted by Crippen LogP contribution is 2.37. The normalized spacial score (nSPS) is 14.5. The molecule has 0 saturated carbocycles. The summed E-state index contributed by atoms with van der Waals surface area (Å²) in [5, 5.41) is 20.7. The summed E-state index contributed by atoms with van der Waals surface area (Å²) < 4.78 is 33.6. The van der Waals surface area contributed by atoms with Gasteiger partial charge in [0.25, 0.3) is 5.69 Å². The fourth-order valence-corrected chi connectivity index (χ4v) is 4.57. The molecule has 0 aliphatic carbocycles. The van der Waals surface area contributed by atoms with E-state index in [2.05, 4.69) is 45.2 Å². The number of rotatable bonds is 10. The lowest BCUT2D eigenvalue weighted by molar-refractivity contribution is -0.387. The molecule has 0 unspecified atom stereocenters. The van der Waals surface area contributed by atoms with Crippen molar-refractivity contribution in [3.63, 3.8) is 0 Å². The molecule has 0 fully saturated rings. The molecule has 1 rings (SSSR count). The van der Waals surface area contributed by atoms with Gasteiger partial charge in [-0.1, -0.05) is 45.1 Å². The standard InChI is InChI=1S/C19H30N2O6SSi/c1-7-16(27-29(5,6)19(2,3)4)12-15(14-22)13-20-28(25,26)18-11-9-8-10-17(18)21(23)24/h7-12,16,20,22H,1,13-14H2,2-6H3/b15-12+/t16-/m0/s1. The van der Waals surface area contributed by atoms with Crippen molar-refractivity contribution in [2.75, 3.05) is 13.2 Å². The van der Waals surface area contributed by atoms with Crippen LogP contribution in [0, 0.1) is 10.1 Å². The number of nitro groups is 1. The van der Waals surface area contributed by atoms with E-state index in [-0.39, 0.29) is 11.6 Å². The minimum Gasteiger partial charge on any atom is -0.407 e. The number of nitro benzene ring substituents is 1. The number of aliphatic hydroxyl groups is 1. The maximum absolute atomic E-state index is 12.5. The average molecular weight is 443 g/mol. The molecular formula is C19H30N2O6SSi. The van der Waals surface area contributed by atoms with Gasteiger partial charge in [-0.05, 0) is 29.8 Å². The summed E-state index contributed by atoms with van der Waals surface area (Å²) in [6.07, 6.45) is 2.72. The van der Waals surface area contributed by atoms with E-state index in [9.17, 15) is 23.6 Å². The van der Waals surface area contributed by atoms with Gasteiger partial charge in [-0.25, -0.2) is 13.1 Å². The first kappa shape index (κ1) is 25.2. The minimum atomic E-state index is -4.14. The molecule has 8 nitrogen and oxygen atoms in total. The molecule has 0 heterocycles. The zero-order valence-electron chi connectivity index (χ0n) is 17.5. The number of sulfonamides is 1. The van der Waals surface area contributed by atoms with Gasteiger partial charge in [0.1, 0.15) is 0 Å². The Kier molecular flexibility index (Phi) is 8.48. The van der Waals surface area contributed by atoms with E-state index in [1.54, 1.807) is 12.2 Å². The first-order valence-electron chi connectivity index (χ1n) is 9.09. The van der Waals surface area contributed by atoms with Crippen LogP contribution in [0.1, 0.15) is 20.8 Å². The van der Waals surface area contributed by atoms with Crippen LogP contribution in [0.15, 0.2) is 53.5 Å². The van der Waals surface area contributed by atoms with Crippen LogP contribution in [0.5, 0.6) is 0 Å². The van der Waals surface area contributed by atoms with E-state index < -0.39 is 46.6 Å². The first-order chi connectivity index (χ1) is 13.2. The van der Waals surface area contributed by atoms with E-state index in [0.717, 1.165) is 12.1 Å². The van der Waals surface area contributed by atoms with Gasteiger partial charge in [-0.15, -0.1) is 6.58 Å². The van der Waals surface area contributed by atoms with E-state index >= 15 is 0 Å². The highest BCUT2D eigenvalue weighted by Gasteiger charge is 2.38. The van der Waals surface area contributed by atoms with Crippen molar-refractivity contribution in [1.82, 2.24) is 4.72 Å². The molecule has 1 aromatic rings. The Balaban J connectivity index is 3.03. The zero-order chi connectivity index (χ0) is 22.5. The predicted molar refractivity (Wildman–Crippen MR) is 116 cm³/mol. The van der Waals surface area contributed by atoms with E-state index in [4.69, 9.17) is 4.43 Å². The van der Waals surface area contributed by atoms with Gasteiger partial charge in [0.05, 0.1) is 17.6 Å². The Labute approximate surface area is 173 Å². The molecule has 0 bridgehead atoms. The Bertz CT molecular complexity index is 875. The summed E-state index contributed by atoms with van der Waals surface area (Å²) in [7, 11) is -6.26. The van der Waals surface area contributed by atoms with Gasteiger partial charge in [0, 0.05) is 12.6 Å². The number of hydrogen-bond acceptors (Lipinski definition) is 6. The molecular weight excluding hydrogens is 412 g/mol. The highest BCUT2D eigenvalue weighted by molar-refractivity contribution is 7.89. The predicted octanol–water partition coefficient (Wildman–Crippen LogP) is 3.37. The molecule has 0 spiro atoms. The van der Waals surface area contributed by atoms with E-state index in [1.165, 1.54) is 12.1 Å². The highest BCUT2D eigenvalue weighted by atomic mass is 32.2. The van der Waals surface area contributed by atoms with E-state index in [0.29, 0.717) is 5.57 Å². The van der Waals surface area contributed by atoms with Crippen LogP contribution >= 0.6 is 0 Å². The molecule has 0 radical (unpaired) electrons. The summed E-state index contributed by atoms with van der Waals surface area (Å²) in [6, 6.07) is 5.09. The topological polar surface area (TPSA) is 119 Å². The molecule has 1 atom stereocenters. The van der Waals surface area contributed by atoms with Crippen molar-refractivity contribution < 1.29 is 22.9 Å². The second-order valence-corrected chi connectivity index (χ2v) is 14.6. The second-order valence-electron chi connectivity index (χ2n) is 8.11. The monoisotopic (exact) mass is 442 g/mol. The molecule has 29 heavy (non-hydrogen) atoms. The third kappa shape index (κ3) is 6.86. The quantitative estimate of drug-likeness (QED) is 0.248. The molecule has 0 saturated heterocycles.